The molecular formula is C23H31NO. The number of benzene rings is 2. The summed E-state index contributed by atoms with van der Waals surface area (Å²) in [5.74, 6) is 0.498. The van der Waals surface area contributed by atoms with Gasteiger partial charge in [0.05, 0.1) is 5.92 Å². The molecule has 1 N–H and O–H groups in total. The van der Waals surface area contributed by atoms with Crippen LogP contribution in [0.15, 0.2) is 48.5 Å². The van der Waals surface area contributed by atoms with Crippen molar-refractivity contribution in [2.75, 3.05) is 5.32 Å². The first-order chi connectivity index (χ1) is 11.7. The lowest BCUT2D eigenvalue weighted by molar-refractivity contribution is -0.117. The average molecular weight is 338 g/mol. The van der Waals surface area contributed by atoms with E-state index in [1.54, 1.807) is 0 Å². The number of hydrogen-bond donors (Lipinski definition) is 1. The van der Waals surface area contributed by atoms with Crippen LogP contribution in [0.1, 0.15) is 64.2 Å². The van der Waals surface area contributed by atoms with Gasteiger partial charge in [0.2, 0.25) is 5.91 Å². The minimum atomic E-state index is -0.171. The highest BCUT2D eigenvalue weighted by Crippen LogP contribution is 2.24. The van der Waals surface area contributed by atoms with Crippen LogP contribution < -0.4 is 5.32 Å². The molecule has 0 unspecified atom stereocenters. The summed E-state index contributed by atoms with van der Waals surface area (Å²) in [7, 11) is 0. The van der Waals surface area contributed by atoms with Crippen molar-refractivity contribution in [3.05, 3.63) is 65.2 Å². The second-order valence-corrected chi connectivity index (χ2v) is 8.38. The topological polar surface area (TPSA) is 29.1 Å². The Balaban J connectivity index is 2.02. The molecule has 134 valence electrons. The van der Waals surface area contributed by atoms with Crippen LogP contribution in [0.3, 0.4) is 0 Å². The highest BCUT2D eigenvalue weighted by Gasteiger charge is 2.17. The molecule has 1 amide bonds. The van der Waals surface area contributed by atoms with Gasteiger partial charge in [-0.2, -0.15) is 0 Å². The Morgan fingerprint density at radius 3 is 1.96 bits per heavy atom. The van der Waals surface area contributed by atoms with E-state index in [1.807, 2.05) is 19.1 Å². The summed E-state index contributed by atoms with van der Waals surface area (Å²) in [4.78, 5) is 12.5. The van der Waals surface area contributed by atoms with Crippen molar-refractivity contribution >= 4 is 11.6 Å². The van der Waals surface area contributed by atoms with E-state index in [9.17, 15) is 4.79 Å². The Hall–Kier alpha value is -2.09. The van der Waals surface area contributed by atoms with Crippen LogP contribution >= 0.6 is 0 Å². The van der Waals surface area contributed by atoms with Crippen LogP contribution in [0, 0.1) is 5.92 Å². The van der Waals surface area contributed by atoms with Gasteiger partial charge in [0.15, 0.2) is 0 Å². The van der Waals surface area contributed by atoms with Crippen LogP contribution in [0.25, 0.3) is 0 Å². The fourth-order valence-electron chi connectivity index (χ4n) is 2.87. The largest absolute Gasteiger partial charge is 0.326 e. The molecule has 0 spiro atoms. The molecule has 0 fully saturated rings. The fourth-order valence-corrected chi connectivity index (χ4v) is 2.87. The van der Waals surface area contributed by atoms with E-state index in [4.69, 9.17) is 0 Å². The Morgan fingerprint density at radius 1 is 0.920 bits per heavy atom. The zero-order chi connectivity index (χ0) is 18.6. The maximum atomic E-state index is 12.5. The van der Waals surface area contributed by atoms with E-state index in [0.29, 0.717) is 5.92 Å². The van der Waals surface area contributed by atoms with Crippen LogP contribution in [-0.4, -0.2) is 5.91 Å². The molecule has 0 heterocycles. The smallest absolute Gasteiger partial charge is 0.231 e. The van der Waals surface area contributed by atoms with Crippen molar-refractivity contribution in [2.24, 2.45) is 5.92 Å². The average Bonchev–Trinajstić information content (AvgIpc) is 2.54. The molecule has 2 rings (SSSR count). The van der Waals surface area contributed by atoms with Crippen LogP contribution in [0.4, 0.5) is 5.69 Å². The lowest BCUT2D eigenvalue weighted by Gasteiger charge is -2.19. The van der Waals surface area contributed by atoms with Crippen molar-refractivity contribution < 1.29 is 4.79 Å². The van der Waals surface area contributed by atoms with E-state index in [1.165, 1.54) is 11.1 Å². The number of amides is 1. The summed E-state index contributed by atoms with van der Waals surface area (Å²) in [5, 5.41) is 3.03. The zero-order valence-corrected chi connectivity index (χ0v) is 16.4. The van der Waals surface area contributed by atoms with Gasteiger partial charge in [-0.15, -0.1) is 0 Å². The summed E-state index contributed by atoms with van der Waals surface area (Å²) in [6, 6.07) is 16.6. The fraction of sp³-hybridized carbons (Fsp3) is 0.435. The molecule has 2 nitrogen and oxygen atoms in total. The number of anilines is 1. The molecule has 0 bridgehead atoms. The minimum Gasteiger partial charge on any atom is -0.326 e. The molecule has 0 aliphatic carbocycles. The van der Waals surface area contributed by atoms with Gasteiger partial charge in [-0.05, 0) is 53.5 Å². The van der Waals surface area contributed by atoms with Crippen LogP contribution in [0.5, 0.6) is 0 Å². The molecule has 0 aromatic heterocycles. The van der Waals surface area contributed by atoms with Crippen molar-refractivity contribution in [1.29, 1.82) is 0 Å². The molecule has 0 aliphatic heterocycles. The third kappa shape index (κ3) is 5.45. The quantitative estimate of drug-likeness (QED) is 0.720. The van der Waals surface area contributed by atoms with Gasteiger partial charge in [-0.1, -0.05) is 71.0 Å². The van der Waals surface area contributed by atoms with Crippen molar-refractivity contribution in [2.45, 2.75) is 59.3 Å². The summed E-state index contributed by atoms with van der Waals surface area (Å²) in [6.45, 7) is 12.9. The molecule has 2 heteroatoms. The lowest BCUT2D eigenvalue weighted by Crippen LogP contribution is -2.19. The number of carbonyl (C=O) groups is 1. The zero-order valence-electron chi connectivity index (χ0n) is 16.4. The Labute approximate surface area is 152 Å². The first-order valence-electron chi connectivity index (χ1n) is 9.17. The lowest BCUT2D eigenvalue weighted by atomic mass is 9.87. The van der Waals surface area contributed by atoms with Gasteiger partial charge < -0.3 is 5.32 Å². The van der Waals surface area contributed by atoms with E-state index in [-0.39, 0.29) is 17.2 Å². The Morgan fingerprint density at radius 2 is 1.48 bits per heavy atom. The maximum absolute atomic E-state index is 12.5. The second-order valence-electron chi connectivity index (χ2n) is 8.38. The van der Waals surface area contributed by atoms with Gasteiger partial charge in [0, 0.05) is 5.69 Å². The summed E-state index contributed by atoms with van der Waals surface area (Å²) in [6.07, 6.45) is 1.07. The number of carbonyl (C=O) groups excluding carboxylic acids is 1. The van der Waals surface area contributed by atoms with Crippen molar-refractivity contribution in [3.8, 4) is 0 Å². The molecule has 2 aromatic rings. The van der Waals surface area contributed by atoms with E-state index >= 15 is 0 Å². The van der Waals surface area contributed by atoms with E-state index in [0.717, 1.165) is 17.7 Å². The molecule has 25 heavy (non-hydrogen) atoms. The first kappa shape index (κ1) is 19.2. The third-order valence-corrected chi connectivity index (χ3v) is 4.54. The van der Waals surface area contributed by atoms with Crippen molar-refractivity contribution in [1.82, 2.24) is 0 Å². The predicted molar refractivity (Wildman–Crippen MR) is 107 cm³/mol. The Kier molecular flexibility index (Phi) is 6.05. The maximum Gasteiger partial charge on any atom is 0.231 e. The molecule has 2 aromatic carbocycles. The van der Waals surface area contributed by atoms with Gasteiger partial charge in [0.25, 0.3) is 0 Å². The minimum absolute atomic E-state index is 0.0279. The highest BCUT2D eigenvalue weighted by molar-refractivity contribution is 5.95. The molecule has 0 saturated carbocycles. The standard InChI is InChI=1S/C23H31NO/c1-16(2)15-18-7-9-19(10-8-18)17(3)22(25)24-21-13-11-20(12-14-21)23(4,5)6/h7-14,16-17H,15H2,1-6H3,(H,24,25)/t17-/m1/s1. The van der Waals surface area contributed by atoms with Gasteiger partial charge in [-0.3, -0.25) is 4.79 Å². The molecule has 0 radical (unpaired) electrons. The van der Waals surface area contributed by atoms with Crippen LogP contribution in [0.2, 0.25) is 0 Å². The van der Waals surface area contributed by atoms with Gasteiger partial charge in [-0.25, -0.2) is 0 Å². The van der Waals surface area contributed by atoms with Gasteiger partial charge in [0.1, 0.15) is 0 Å². The number of hydrogen-bond acceptors (Lipinski definition) is 1. The Bertz CT molecular complexity index is 690. The molecule has 1 atom stereocenters. The number of rotatable bonds is 5. The third-order valence-electron chi connectivity index (χ3n) is 4.54. The molecular weight excluding hydrogens is 306 g/mol. The van der Waals surface area contributed by atoms with E-state index < -0.39 is 0 Å². The highest BCUT2D eigenvalue weighted by atomic mass is 16.1. The SMILES string of the molecule is CC(C)Cc1ccc([C@@H](C)C(=O)Nc2ccc(C(C)(C)C)cc2)cc1. The second kappa shape index (κ2) is 7.86. The first-order valence-corrected chi connectivity index (χ1v) is 9.17. The van der Waals surface area contributed by atoms with Gasteiger partial charge >= 0.3 is 0 Å². The summed E-state index contributed by atoms with van der Waals surface area (Å²) in [5.41, 5.74) is 4.61. The predicted octanol–water partition coefficient (Wildman–Crippen LogP) is 5.92. The molecule has 0 aliphatic rings. The normalized spacial score (nSPS) is 12.9. The van der Waals surface area contributed by atoms with Crippen LogP contribution in [-0.2, 0) is 16.6 Å². The summed E-state index contributed by atoms with van der Waals surface area (Å²) >= 11 is 0. The number of nitrogens with one attached hydrogen (secondary N) is 1. The molecule has 0 saturated heterocycles. The summed E-state index contributed by atoms with van der Waals surface area (Å²) < 4.78 is 0. The monoisotopic (exact) mass is 337 g/mol. The van der Waals surface area contributed by atoms with E-state index in [2.05, 4.69) is 76.3 Å². The van der Waals surface area contributed by atoms with Crippen molar-refractivity contribution in [3.63, 3.8) is 0 Å².